The molecule has 2 aliphatic carbocycles. The van der Waals surface area contributed by atoms with Crippen LogP contribution in [0.1, 0.15) is 153 Å². The highest BCUT2D eigenvalue weighted by Crippen LogP contribution is 2.64. The van der Waals surface area contributed by atoms with E-state index in [1.807, 2.05) is 13.0 Å². The molecule has 2 aliphatic heterocycles. The molecular weight excluding hydrogens is 646 g/mol. The highest BCUT2D eigenvalue weighted by molar-refractivity contribution is 5.83. The van der Waals surface area contributed by atoms with E-state index in [1.54, 1.807) is 6.08 Å². The Labute approximate surface area is 305 Å². The van der Waals surface area contributed by atoms with E-state index < -0.39 is 47.2 Å². The van der Waals surface area contributed by atoms with Crippen LogP contribution in [0.3, 0.4) is 0 Å². The van der Waals surface area contributed by atoms with Gasteiger partial charge in [-0.3, -0.25) is 4.79 Å². The van der Waals surface area contributed by atoms with E-state index in [4.69, 9.17) is 18.9 Å². The lowest BCUT2D eigenvalue weighted by molar-refractivity contribution is -0.180. The molecule has 9 heteroatoms. The number of aliphatic hydroxyl groups is 1. The summed E-state index contributed by atoms with van der Waals surface area (Å²) in [4.78, 5) is 40.7. The van der Waals surface area contributed by atoms with Gasteiger partial charge in [-0.05, 0) is 70.8 Å². The number of likely N-dealkylation sites (tertiary alicyclic amines) is 1. The molecule has 5 rings (SSSR count). The SMILES string of the molecule is CCCCCCCCCCCCCCCCCC(=O)O[C@@H](C)C(=O)O[C@@H](C)C(=O)OC1=CC[C@@]2(O)[C@H]3Cc4ccc(C)c5c4[C@@]2(CCN3C)[C@H]1O5. The average Bonchev–Trinajstić information content (AvgIpc) is 3.46. The van der Waals surface area contributed by atoms with Crippen LogP contribution in [0.4, 0.5) is 0 Å². The number of carbonyl (C=O) groups excluding carboxylic acids is 3. The van der Waals surface area contributed by atoms with Crippen molar-refractivity contribution < 1.29 is 38.4 Å². The lowest BCUT2D eigenvalue weighted by Crippen LogP contribution is -2.74. The molecular formula is C42H63NO8. The summed E-state index contributed by atoms with van der Waals surface area (Å²) in [5, 5.41) is 12.3. The van der Waals surface area contributed by atoms with Gasteiger partial charge in [0.15, 0.2) is 18.3 Å². The Morgan fingerprint density at radius 3 is 2.10 bits per heavy atom. The molecule has 9 nitrogen and oxygen atoms in total. The molecule has 6 atom stereocenters. The van der Waals surface area contributed by atoms with Crippen molar-refractivity contribution in [3.63, 3.8) is 0 Å². The molecule has 51 heavy (non-hydrogen) atoms. The number of hydrogen-bond acceptors (Lipinski definition) is 9. The maximum absolute atomic E-state index is 13.3. The number of rotatable bonds is 21. The lowest BCUT2D eigenvalue weighted by Gasteiger charge is -2.61. The van der Waals surface area contributed by atoms with E-state index in [9.17, 15) is 19.5 Å². The van der Waals surface area contributed by atoms with Gasteiger partial charge in [-0.15, -0.1) is 0 Å². The third-order valence-corrected chi connectivity index (χ3v) is 12.0. The first-order chi connectivity index (χ1) is 24.5. The van der Waals surface area contributed by atoms with E-state index in [-0.39, 0.29) is 12.5 Å². The quantitative estimate of drug-likeness (QED) is 0.0773. The number of benzene rings is 1. The van der Waals surface area contributed by atoms with Crippen molar-refractivity contribution in [3.8, 4) is 5.75 Å². The summed E-state index contributed by atoms with van der Waals surface area (Å²) in [6.07, 6.45) is 19.4. The van der Waals surface area contributed by atoms with Crippen LogP contribution < -0.4 is 4.74 Å². The number of esters is 3. The molecule has 1 saturated heterocycles. The van der Waals surface area contributed by atoms with E-state index in [1.165, 1.54) is 90.9 Å². The van der Waals surface area contributed by atoms with Gasteiger partial charge in [-0.2, -0.15) is 0 Å². The number of nitrogens with zero attached hydrogens (tertiary/aromatic N) is 1. The highest BCUT2D eigenvalue weighted by atomic mass is 16.6. The number of hydrogen-bond donors (Lipinski definition) is 1. The van der Waals surface area contributed by atoms with Crippen molar-refractivity contribution in [2.24, 2.45) is 0 Å². The van der Waals surface area contributed by atoms with Gasteiger partial charge in [0.1, 0.15) is 11.5 Å². The Balaban J connectivity index is 1.00. The lowest BCUT2D eigenvalue weighted by atomic mass is 9.50. The first kappa shape index (κ1) is 39.3. The predicted molar refractivity (Wildman–Crippen MR) is 196 cm³/mol. The fraction of sp³-hybridized carbons (Fsp3) is 0.738. The number of ether oxygens (including phenoxy) is 4. The fourth-order valence-corrected chi connectivity index (χ4v) is 9.05. The van der Waals surface area contributed by atoms with Crippen molar-refractivity contribution in [2.45, 2.75) is 185 Å². The summed E-state index contributed by atoms with van der Waals surface area (Å²) in [7, 11) is 2.05. The molecule has 1 N–H and O–H groups in total. The molecule has 1 fully saturated rings. The zero-order chi connectivity index (χ0) is 36.6. The number of aryl methyl sites for hydroxylation is 1. The van der Waals surface area contributed by atoms with Crippen molar-refractivity contribution in [1.82, 2.24) is 4.90 Å². The van der Waals surface area contributed by atoms with E-state index in [0.29, 0.717) is 18.6 Å². The van der Waals surface area contributed by atoms with Crippen LogP contribution in [0.25, 0.3) is 0 Å². The highest BCUT2D eigenvalue weighted by Gasteiger charge is 2.71. The van der Waals surface area contributed by atoms with Crippen LogP contribution in [0, 0.1) is 6.92 Å². The van der Waals surface area contributed by atoms with Gasteiger partial charge in [0.05, 0.1) is 11.0 Å². The number of carbonyl (C=O) groups is 3. The topological polar surface area (TPSA) is 112 Å². The van der Waals surface area contributed by atoms with Crippen LogP contribution in [0.15, 0.2) is 24.0 Å². The molecule has 4 aliphatic rings. The summed E-state index contributed by atoms with van der Waals surface area (Å²) in [5.41, 5.74) is 1.38. The first-order valence-corrected chi connectivity index (χ1v) is 20.1. The third kappa shape index (κ3) is 8.51. The van der Waals surface area contributed by atoms with Gasteiger partial charge in [0, 0.05) is 24.4 Å². The molecule has 1 aromatic carbocycles. The molecule has 0 radical (unpaired) electrons. The van der Waals surface area contributed by atoms with Gasteiger partial charge in [-0.1, -0.05) is 109 Å². The van der Waals surface area contributed by atoms with Crippen LogP contribution in [-0.2, 0) is 40.4 Å². The second-order valence-corrected chi connectivity index (χ2v) is 15.7. The fourth-order valence-electron chi connectivity index (χ4n) is 9.05. The van der Waals surface area contributed by atoms with E-state index in [2.05, 4.69) is 24.9 Å². The minimum Gasteiger partial charge on any atom is -0.481 e. The smallest absolute Gasteiger partial charge is 0.352 e. The molecule has 2 heterocycles. The van der Waals surface area contributed by atoms with Crippen molar-refractivity contribution >= 4 is 17.9 Å². The Morgan fingerprint density at radius 2 is 1.47 bits per heavy atom. The largest absolute Gasteiger partial charge is 0.481 e. The van der Waals surface area contributed by atoms with E-state index in [0.717, 1.165) is 54.7 Å². The monoisotopic (exact) mass is 709 g/mol. The van der Waals surface area contributed by atoms with Crippen molar-refractivity contribution in [1.29, 1.82) is 0 Å². The average molecular weight is 710 g/mol. The third-order valence-electron chi connectivity index (χ3n) is 12.0. The summed E-state index contributed by atoms with van der Waals surface area (Å²) in [6.45, 7) is 7.94. The van der Waals surface area contributed by atoms with Gasteiger partial charge < -0.3 is 29.0 Å². The van der Waals surface area contributed by atoms with Gasteiger partial charge in [-0.25, -0.2) is 9.59 Å². The standard InChI is InChI=1S/C42H63NO8/c1-6-7-8-9-10-11-12-13-14-15-16-17-18-19-20-21-35(44)48-30(3)39(45)49-31(4)40(46)50-33-24-25-42(47)34-28-32-23-22-29(2)37-36(32)41(42,38(33)51-37)26-27-43(34)5/h22-24,30-31,34,38,47H,6-21,25-28H2,1-5H3/t30-,31-,34+,38-,41-,42+/m0/s1. The summed E-state index contributed by atoms with van der Waals surface area (Å²) < 4.78 is 23.2. The molecule has 1 aromatic rings. The number of likely N-dealkylation sites (N-methyl/N-ethyl adjacent to an activating group) is 1. The Hall–Kier alpha value is -2.91. The predicted octanol–water partition coefficient (Wildman–Crippen LogP) is 7.94. The Bertz CT molecular complexity index is 1410. The summed E-state index contributed by atoms with van der Waals surface area (Å²) >= 11 is 0. The van der Waals surface area contributed by atoms with Gasteiger partial charge in [0.2, 0.25) is 0 Å². The second-order valence-electron chi connectivity index (χ2n) is 15.7. The van der Waals surface area contributed by atoms with Crippen LogP contribution in [-0.4, -0.2) is 71.5 Å². The zero-order valence-corrected chi connectivity index (χ0v) is 31.9. The maximum Gasteiger partial charge on any atom is 0.352 e. The molecule has 0 amide bonds. The Kier molecular flexibility index (Phi) is 13.7. The summed E-state index contributed by atoms with van der Waals surface area (Å²) in [6, 6.07) is 4.09. The van der Waals surface area contributed by atoms with Crippen LogP contribution >= 0.6 is 0 Å². The molecule has 284 valence electrons. The minimum atomic E-state index is -1.23. The second kappa shape index (κ2) is 17.7. The van der Waals surface area contributed by atoms with Gasteiger partial charge >= 0.3 is 17.9 Å². The molecule has 0 unspecified atom stereocenters. The van der Waals surface area contributed by atoms with Crippen molar-refractivity contribution in [3.05, 3.63) is 40.7 Å². The molecule has 2 bridgehead atoms. The number of unbranched alkanes of at least 4 members (excludes halogenated alkanes) is 14. The summed E-state index contributed by atoms with van der Waals surface area (Å²) in [5.74, 6) is -0.890. The molecule has 0 saturated carbocycles. The van der Waals surface area contributed by atoms with Gasteiger partial charge in [0.25, 0.3) is 0 Å². The minimum absolute atomic E-state index is 0.0877. The Morgan fingerprint density at radius 1 is 0.882 bits per heavy atom. The van der Waals surface area contributed by atoms with Crippen LogP contribution in [0.2, 0.25) is 0 Å². The zero-order valence-electron chi connectivity index (χ0n) is 31.9. The molecule has 1 spiro atoms. The first-order valence-electron chi connectivity index (χ1n) is 20.1. The number of piperidine rings is 1. The van der Waals surface area contributed by atoms with E-state index >= 15 is 0 Å². The molecule has 0 aromatic heterocycles. The maximum atomic E-state index is 13.3. The normalized spacial score (nSPS) is 25.6. The van der Waals surface area contributed by atoms with Crippen LogP contribution in [0.5, 0.6) is 5.75 Å². The van der Waals surface area contributed by atoms with Crippen molar-refractivity contribution in [2.75, 3.05) is 13.6 Å².